The molecule has 2 heterocycles. The first kappa shape index (κ1) is 11.6. The van der Waals surface area contributed by atoms with Gasteiger partial charge in [0.1, 0.15) is 0 Å². The van der Waals surface area contributed by atoms with Crippen molar-refractivity contribution in [3.05, 3.63) is 18.7 Å². The minimum atomic E-state index is 0.739. The Hall–Kier alpha value is -0.870. The van der Waals surface area contributed by atoms with Crippen LogP contribution >= 0.6 is 0 Å². The van der Waals surface area contributed by atoms with Gasteiger partial charge in [0.25, 0.3) is 0 Å². The predicted octanol–water partition coefficient (Wildman–Crippen LogP) is 0.957. The quantitative estimate of drug-likeness (QED) is 0.778. The molecule has 1 aliphatic heterocycles. The van der Waals surface area contributed by atoms with Gasteiger partial charge in [0.05, 0.1) is 6.33 Å². The van der Waals surface area contributed by atoms with Gasteiger partial charge < -0.3 is 9.88 Å². The number of nitrogens with one attached hydrogen (secondary N) is 1. The maximum Gasteiger partial charge on any atom is 0.0946 e. The number of hydrogen-bond acceptors (Lipinski definition) is 3. The number of rotatable bonds is 6. The van der Waals surface area contributed by atoms with E-state index >= 15 is 0 Å². The summed E-state index contributed by atoms with van der Waals surface area (Å²) in [5, 5.41) is 3.44. The van der Waals surface area contributed by atoms with Crippen LogP contribution in [0.25, 0.3) is 0 Å². The second-order valence-electron chi connectivity index (χ2n) is 4.48. The summed E-state index contributed by atoms with van der Waals surface area (Å²) in [5.41, 5.74) is 0. The van der Waals surface area contributed by atoms with Gasteiger partial charge in [0, 0.05) is 38.1 Å². The Morgan fingerprint density at radius 3 is 3.06 bits per heavy atom. The smallest absolute Gasteiger partial charge is 0.0946 e. The van der Waals surface area contributed by atoms with Crippen molar-refractivity contribution in [1.82, 2.24) is 19.8 Å². The van der Waals surface area contributed by atoms with Crippen LogP contribution in [0.2, 0.25) is 0 Å². The zero-order valence-electron chi connectivity index (χ0n) is 10.1. The molecule has 0 amide bonds. The molecular formula is C12H22N4. The Balaban J connectivity index is 1.82. The van der Waals surface area contributed by atoms with Crippen LogP contribution < -0.4 is 5.32 Å². The van der Waals surface area contributed by atoms with Gasteiger partial charge in [-0.15, -0.1) is 0 Å². The molecule has 1 N–H and O–H groups in total. The van der Waals surface area contributed by atoms with Gasteiger partial charge in [-0.3, -0.25) is 4.90 Å². The molecule has 0 radical (unpaired) electrons. The second kappa shape index (κ2) is 6.01. The molecule has 1 aromatic rings. The van der Waals surface area contributed by atoms with Crippen LogP contribution in [0.5, 0.6) is 0 Å². The van der Waals surface area contributed by atoms with E-state index in [9.17, 15) is 0 Å². The molecule has 0 saturated carbocycles. The molecule has 1 fully saturated rings. The highest BCUT2D eigenvalue weighted by molar-refractivity contribution is 4.81. The van der Waals surface area contributed by atoms with Crippen molar-refractivity contribution >= 4 is 0 Å². The number of hydrogen-bond donors (Lipinski definition) is 1. The van der Waals surface area contributed by atoms with Crippen molar-refractivity contribution in [3.8, 4) is 0 Å². The average Bonchev–Trinajstić information content (AvgIpc) is 2.96. The molecule has 0 aromatic carbocycles. The summed E-state index contributed by atoms with van der Waals surface area (Å²) >= 11 is 0. The lowest BCUT2D eigenvalue weighted by Gasteiger charge is -2.27. The summed E-state index contributed by atoms with van der Waals surface area (Å²) in [6.45, 7) is 7.99. The third-order valence-corrected chi connectivity index (χ3v) is 3.27. The third kappa shape index (κ3) is 3.06. The van der Waals surface area contributed by atoms with Gasteiger partial charge in [-0.25, -0.2) is 4.98 Å². The topological polar surface area (TPSA) is 33.1 Å². The molecule has 0 aliphatic carbocycles. The van der Waals surface area contributed by atoms with E-state index in [0.29, 0.717) is 0 Å². The van der Waals surface area contributed by atoms with E-state index in [1.807, 2.05) is 18.7 Å². The molecule has 1 atom stereocenters. The number of aromatic nitrogens is 2. The Morgan fingerprint density at radius 1 is 1.50 bits per heavy atom. The van der Waals surface area contributed by atoms with E-state index in [-0.39, 0.29) is 0 Å². The van der Waals surface area contributed by atoms with Crippen LogP contribution in [0.4, 0.5) is 0 Å². The Morgan fingerprint density at radius 2 is 2.44 bits per heavy atom. The van der Waals surface area contributed by atoms with Gasteiger partial charge in [-0.1, -0.05) is 6.92 Å². The Labute approximate surface area is 97.7 Å². The summed E-state index contributed by atoms with van der Waals surface area (Å²) in [5.74, 6) is 0. The highest BCUT2D eigenvalue weighted by Crippen LogP contribution is 2.09. The molecule has 4 heteroatoms. The molecule has 1 aliphatic rings. The maximum absolute atomic E-state index is 4.08. The Kier molecular flexibility index (Phi) is 4.36. The summed E-state index contributed by atoms with van der Waals surface area (Å²) in [6, 6.07) is 0.739. The van der Waals surface area contributed by atoms with Crippen LogP contribution in [-0.4, -0.2) is 46.7 Å². The van der Waals surface area contributed by atoms with Crippen molar-refractivity contribution in [1.29, 1.82) is 0 Å². The zero-order valence-corrected chi connectivity index (χ0v) is 10.1. The molecule has 16 heavy (non-hydrogen) atoms. The van der Waals surface area contributed by atoms with E-state index in [1.165, 1.54) is 25.9 Å². The Bertz CT molecular complexity index is 277. The van der Waals surface area contributed by atoms with Gasteiger partial charge in [-0.05, 0) is 25.9 Å². The van der Waals surface area contributed by atoms with Gasteiger partial charge in [-0.2, -0.15) is 0 Å². The summed E-state index contributed by atoms with van der Waals surface area (Å²) in [6.07, 6.45) is 8.32. The molecule has 0 bridgehead atoms. The van der Waals surface area contributed by atoms with Gasteiger partial charge >= 0.3 is 0 Å². The zero-order chi connectivity index (χ0) is 11.2. The van der Waals surface area contributed by atoms with Crippen molar-refractivity contribution in [2.45, 2.75) is 32.4 Å². The molecule has 1 aromatic heterocycles. The monoisotopic (exact) mass is 222 g/mol. The first-order chi connectivity index (χ1) is 7.90. The van der Waals surface area contributed by atoms with Gasteiger partial charge in [0.15, 0.2) is 0 Å². The van der Waals surface area contributed by atoms with Crippen molar-refractivity contribution in [2.75, 3.05) is 26.2 Å². The van der Waals surface area contributed by atoms with Crippen molar-refractivity contribution in [3.63, 3.8) is 0 Å². The first-order valence-electron chi connectivity index (χ1n) is 6.30. The van der Waals surface area contributed by atoms with Crippen LogP contribution in [0.1, 0.15) is 19.8 Å². The largest absolute Gasteiger partial charge is 0.336 e. The SMILES string of the molecule is CCCN(CCn1ccnc1)C1CCNC1. The maximum atomic E-state index is 4.08. The lowest BCUT2D eigenvalue weighted by molar-refractivity contribution is 0.200. The fraction of sp³-hybridized carbons (Fsp3) is 0.750. The highest BCUT2D eigenvalue weighted by atomic mass is 15.2. The first-order valence-corrected chi connectivity index (χ1v) is 6.30. The minimum absolute atomic E-state index is 0.739. The number of imidazole rings is 1. The molecule has 1 saturated heterocycles. The lowest BCUT2D eigenvalue weighted by Crippen LogP contribution is -2.39. The molecule has 2 rings (SSSR count). The molecular weight excluding hydrogens is 200 g/mol. The summed E-state index contributed by atoms with van der Waals surface area (Å²) < 4.78 is 2.16. The highest BCUT2D eigenvalue weighted by Gasteiger charge is 2.20. The molecule has 4 nitrogen and oxygen atoms in total. The second-order valence-corrected chi connectivity index (χ2v) is 4.48. The minimum Gasteiger partial charge on any atom is -0.336 e. The molecule has 1 unspecified atom stereocenters. The predicted molar refractivity (Wildman–Crippen MR) is 65.4 cm³/mol. The third-order valence-electron chi connectivity index (χ3n) is 3.27. The summed E-state index contributed by atoms with van der Waals surface area (Å²) in [7, 11) is 0. The van der Waals surface area contributed by atoms with Crippen molar-refractivity contribution in [2.24, 2.45) is 0 Å². The lowest BCUT2D eigenvalue weighted by atomic mass is 10.2. The van der Waals surface area contributed by atoms with E-state index < -0.39 is 0 Å². The van der Waals surface area contributed by atoms with E-state index in [2.05, 4.69) is 26.7 Å². The van der Waals surface area contributed by atoms with Crippen LogP contribution in [-0.2, 0) is 6.54 Å². The van der Waals surface area contributed by atoms with Crippen LogP contribution in [0.3, 0.4) is 0 Å². The molecule has 0 spiro atoms. The van der Waals surface area contributed by atoms with Gasteiger partial charge in [0.2, 0.25) is 0 Å². The molecule has 90 valence electrons. The standard InChI is InChI=1S/C12H22N4/c1-2-6-16(12-3-4-13-10-12)9-8-15-7-5-14-11-15/h5,7,11-13H,2-4,6,8-10H2,1H3. The van der Waals surface area contributed by atoms with Crippen LogP contribution in [0.15, 0.2) is 18.7 Å². The van der Waals surface area contributed by atoms with Crippen LogP contribution in [0, 0.1) is 0 Å². The normalized spacial score (nSPS) is 20.8. The number of nitrogens with zero attached hydrogens (tertiary/aromatic N) is 3. The van der Waals surface area contributed by atoms with E-state index in [1.54, 1.807) is 0 Å². The van der Waals surface area contributed by atoms with E-state index in [4.69, 9.17) is 0 Å². The van der Waals surface area contributed by atoms with Crippen molar-refractivity contribution < 1.29 is 0 Å². The summed E-state index contributed by atoms with van der Waals surface area (Å²) in [4.78, 5) is 6.69. The fourth-order valence-electron chi connectivity index (χ4n) is 2.38. The average molecular weight is 222 g/mol. The fourth-order valence-corrected chi connectivity index (χ4v) is 2.38. The van der Waals surface area contributed by atoms with E-state index in [0.717, 1.165) is 25.7 Å².